The van der Waals surface area contributed by atoms with Crippen LogP contribution in [0.2, 0.25) is 0 Å². The van der Waals surface area contributed by atoms with Gasteiger partial charge in [-0.05, 0) is 69.4 Å². The predicted molar refractivity (Wildman–Crippen MR) is 124 cm³/mol. The fraction of sp³-hybridized carbons (Fsp3) is 0.385. The number of hydrogen-bond donors (Lipinski definition) is 0. The average Bonchev–Trinajstić information content (AvgIpc) is 3.58. The first-order valence-electron chi connectivity index (χ1n) is 11.3. The van der Waals surface area contributed by atoms with Crippen molar-refractivity contribution < 1.29 is 9.53 Å². The van der Waals surface area contributed by atoms with Gasteiger partial charge in [0.25, 0.3) is 0 Å². The highest BCUT2D eigenvalue weighted by Gasteiger charge is 2.43. The second-order valence-electron chi connectivity index (χ2n) is 9.79. The van der Waals surface area contributed by atoms with Gasteiger partial charge >= 0.3 is 6.09 Å². The molecule has 33 heavy (non-hydrogen) atoms. The molecule has 1 fully saturated rings. The summed E-state index contributed by atoms with van der Waals surface area (Å²) in [4.78, 5) is 19.3. The van der Waals surface area contributed by atoms with Crippen LogP contribution in [0.1, 0.15) is 44.9 Å². The third-order valence-corrected chi connectivity index (χ3v) is 6.17. The van der Waals surface area contributed by atoms with Crippen molar-refractivity contribution in [1.82, 2.24) is 19.7 Å². The Kier molecular flexibility index (Phi) is 5.16. The highest BCUT2D eigenvalue weighted by molar-refractivity contribution is 5.83. The highest BCUT2D eigenvalue weighted by atomic mass is 16.6. The molecule has 1 atom stereocenters. The molecule has 2 aliphatic rings. The monoisotopic (exact) mass is 441 g/mol. The molecule has 1 aliphatic carbocycles. The molecule has 0 saturated heterocycles. The lowest BCUT2D eigenvalue weighted by molar-refractivity contribution is 0.00373. The number of hydrogen-bond acceptors (Lipinski definition) is 5. The molecule has 3 aromatic rings. The molecular weight excluding hydrogens is 414 g/mol. The lowest BCUT2D eigenvalue weighted by atomic mass is 9.97. The summed E-state index contributed by atoms with van der Waals surface area (Å²) in [6.45, 7) is 6.75. The minimum Gasteiger partial charge on any atom is -0.444 e. The van der Waals surface area contributed by atoms with Gasteiger partial charge in [-0.1, -0.05) is 12.1 Å². The summed E-state index contributed by atoms with van der Waals surface area (Å²) in [6, 6.07) is 13.7. The molecule has 7 heteroatoms. The number of pyridine rings is 1. The Hall–Kier alpha value is -3.66. The third-order valence-electron chi connectivity index (χ3n) is 6.17. The van der Waals surface area contributed by atoms with Crippen LogP contribution < -0.4 is 0 Å². The molecule has 0 bridgehead atoms. The van der Waals surface area contributed by atoms with Crippen molar-refractivity contribution in [3.05, 3.63) is 60.0 Å². The zero-order valence-electron chi connectivity index (χ0n) is 19.2. The van der Waals surface area contributed by atoms with Gasteiger partial charge in [0, 0.05) is 23.5 Å². The minimum atomic E-state index is -0.556. The van der Waals surface area contributed by atoms with Gasteiger partial charge < -0.3 is 4.74 Å². The summed E-state index contributed by atoms with van der Waals surface area (Å²) >= 11 is 0. The average molecular weight is 442 g/mol. The highest BCUT2D eigenvalue weighted by Crippen LogP contribution is 2.43. The molecule has 0 radical (unpaired) electrons. The molecule has 7 nitrogen and oxygen atoms in total. The summed E-state index contributed by atoms with van der Waals surface area (Å²) in [5.41, 5.74) is 4.66. The van der Waals surface area contributed by atoms with Crippen LogP contribution in [0.4, 0.5) is 4.79 Å². The van der Waals surface area contributed by atoms with Crippen molar-refractivity contribution in [3.8, 4) is 28.5 Å². The maximum absolute atomic E-state index is 13.2. The first kappa shape index (κ1) is 21.2. The molecule has 1 aromatic carbocycles. The van der Waals surface area contributed by atoms with E-state index in [1.54, 1.807) is 18.5 Å². The van der Waals surface area contributed by atoms with E-state index < -0.39 is 5.60 Å². The summed E-state index contributed by atoms with van der Waals surface area (Å²) in [5.74, 6) is 0.476. The van der Waals surface area contributed by atoms with Crippen LogP contribution in [0.5, 0.6) is 0 Å². The van der Waals surface area contributed by atoms with Gasteiger partial charge in [-0.2, -0.15) is 10.4 Å². The first-order valence-corrected chi connectivity index (χ1v) is 11.3. The van der Waals surface area contributed by atoms with Gasteiger partial charge in [-0.3, -0.25) is 14.6 Å². The standard InChI is InChI=1S/C26H27N5O2/c1-26(2,3)33-25(32)30-15-22-23(19-9-11-28-12-10-19)24(20-6-4-5-17(13-20)14-27)29-31(22)16-21(30)18-7-8-18/h4-6,9-13,18,21H,7-8,15-16H2,1-3H3/t21-/m1/s1. The van der Waals surface area contributed by atoms with Gasteiger partial charge in [-0.15, -0.1) is 0 Å². The number of carbonyl (C=O) groups is 1. The largest absolute Gasteiger partial charge is 0.444 e. The Labute approximate surface area is 193 Å². The van der Waals surface area contributed by atoms with Gasteiger partial charge in [-0.25, -0.2) is 4.79 Å². The van der Waals surface area contributed by atoms with Crippen LogP contribution in [0.25, 0.3) is 22.4 Å². The number of nitrogens with zero attached hydrogens (tertiary/aromatic N) is 5. The van der Waals surface area contributed by atoms with Crippen molar-refractivity contribution in [2.75, 3.05) is 0 Å². The number of rotatable bonds is 3. The van der Waals surface area contributed by atoms with Gasteiger partial charge in [0.2, 0.25) is 0 Å². The molecule has 1 saturated carbocycles. The quantitative estimate of drug-likeness (QED) is 0.570. The van der Waals surface area contributed by atoms with Crippen molar-refractivity contribution >= 4 is 6.09 Å². The van der Waals surface area contributed by atoms with E-state index >= 15 is 0 Å². The van der Waals surface area contributed by atoms with Crippen LogP contribution in [0.15, 0.2) is 48.8 Å². The second-order valence-corrected chi connectivity index (χ2v) is 9.79. The number of carbonyl (C=O) groups excluding carboxylic acids is 1. The molecule has 1 aliphatic heterocycles. The van der Waals surface area contributed by atoms with Crippen molar-refractivity contribution in [1.29, 1.82) is 5.26 Å². The smallest absolute Gasteiger partial charge is 0.410 e. The molecule has 0 spiro atoms. The van der Waals surface area contributed by atoms with E-state index in [9.17, 15) is 10.1 Å². The number of benzene rings is 1. The Bertz CT molecular complexity index is 1230. The van der Waals surface area contributed by atoms with E-state index in [-0.39, 0.29) is 12.1 Å². The Morgan fingerprint density at radius 1 is 1.15 bits per heavy atom. The first-order chi connectivity index (χ1) is 15.8. The van der Waals surface area contributed by atoms with Crippen LogP contribution in [0.3, 0.4) is 0 Å². The van der Waals surface area contributed by atoms with Crippen molar-refractivity contribution in [2.24, 2.45) is 5.92 Å². The zero-order chi connectivity index (χ0) is 23.2. The Balaban J connectivity index is 1.63. The lowest BCUT2D eigenvalue weighted by Crippen LogP contribution is -2.49. The minimum absolute atomic E-state index is 0.0656. The van der Waals surface area contributed by atoms with Crippen molar-refractivity contribution in [3.63, 3.8) is 0 Å². The van der Waals surface area contributed by atoms with Crippen LogP contribution in [0, 0.1) is 17.2 Å². The van der Waals surface area contributed by atoms with Gasteiger partial charge in [0.15, 0.2) is 0 Å². The van der Waals surface area contributed by atoms with Crippen LogP contribution in [-0.4, -0.2) is 37.4 Å². The van der Waals surface area contributed by atoms with E-state index in [4.69, 9.17) is 9.84 Å². The van der Waals surface area contributed by atoms with Crippen LogP contribution in [-0.2, 0) is 17.8 Å². The normalized spacial score (nSPS) is 17.9. The molecule has 3 heterocycles. The summed E-state index contributed by atoms with van der Waals surface area (Å²) < 4.78 is 7.83. The van der Waals surface area contributed by atoms with Gasteiger partial charge in [0.05, 0.1) is 36.5 Å². The van der Waals surface area contributed by atoms with E-state index in [1.807, 2.05) is 60.7 Å². The topological polar surface area (TPSA) is 84.0 Å². The fourth-order valence-corrected chi connectivity index (χ4v) is 4.53. The van der Waals surface area contributed by atoms with E-state index in [0.29, 0.717) is 24.6 Å². The summed E-state index contributed by atoms with van der Waals surface area (Å²) in [5, 5.41) is 14.4. The molecule has 2 aromatic heterocycles. The molecule has 1 amide bonds. The van der Waals surface area contributed by atoms with E-state index in [1.165, 1.54) is 0 Å². The fourth-order valence-electron chi connectivity index (χ4n) is 4.53. The van der Waals surface area contributed by atoms with Crippen molar-refractivity contribution in [2.45, 2.75) is 58.3 Å². The Morgan fingerprint density at radius 3 is 2.58 bits per heavy atom. The Morgan fingerprint density at radius 2 is 1.91 bits per heavy atom. The zero-order valence-corrected chi connectivity index (χ0v) is 19.2. The number of ether oxygens (including phenoxy) is 1. The molecule has 168 valence electrons. The van der Waals surface area contributed by atoms with E-state index in [2.05, 4.69) is 11.1 Å². The number of aromatic nitrogens is 3. The van der Waals surface area contributed by atoms with Crippen LogP contribution >= 0.6 is 0 Å². The predicted octanol–water partition coefficient (Wildman–Crippen LogP) is 5.01. The second kappa shape index (κ2) is 8.04. The number of nitriles is 1. The molecular formula is C26H27N5O2. The SMILES string of the molecule is CC(C)(C)OC(=O)N1Cc2c(-c3ccncc3)c(-c3cccc(C#N)c3)nn2C[C@@H]1C1CC1. The number of amides is 1. The maximum Gasteiger partial charge on any atom is 0.410 e. The maximum atomic E-state index is 13.2. The summed E-state index contributed by atoms with van der Waals surface area (Å²) in [7, 11) is 0. The molecule has 0 N–H and O–H groups in total. The summed E-state index contributed by atoms with van der Waals surface area (Å²) in [6.07, 6.45) is 5.48. The van der Waals surface area contributed by atoms with E-state index in [0.717, 1.165) is 40.9 Å². The molecule has 5 rings (SSSR count). The lowest BCUT2D eigenvalue weighted by Gasteiger charge is -2.37. The number of fused-ring (bicyclic) bond motifs is 1. The third kappa shape index (κ3) is 4.21. The van der Waals surface area contributed by atoms with Gasteiger partial charge in [0.1, 0.15) is 11.3 Å². The molecule has 0 unspecified atom stereocenters.